The first-order valence-electron chi connectivity index (χ1n) is 6.11. The number of halogens is 3. The quantitative estimate of drug-likeness (QED) is 0.700. The summed E-state index contributed by atoms with van der Waals surface area (Å²) < 4.78 is 37.1. The van der Waals surface area contributed by atoms with Crippen LogP contribution < -0.4 is 0 Å². The van der Waals surface area contributed by atoms with Crippen LogP contribution in [0, 0.1) is 11.8 Å². The first-order valence-corrected chi connectivity index (χ1v) is 6.11. The summed E-state index contributed by atoms with van der Waals surface area (Å²) in [6.07, 6.45) is 0.372. The van der Waals surface area contributed by atoms with Crippen LogP contribution >= 0.6 is 0 Å². The molecule has 0 amide bonds. The van der Waals surface area contributed by atoms with Gasteiger partial charge in [-0.1, -0.05) is 25.5 Å². The molecule has 0 N–H and O–H groups in total. The molecule has 2 atom stereocenters. The highest BCUT2D eigenvalue weighted by Crippen LogP contribution is 2.33. The number of hydrogen-bond acceptors (Lipinski definition) is 0. The van der Waals surface area contributed by atoms with Crippen molar-refractivity contribution in [2.24, 2.45) is 11.8 Å². The van der Waals surface area contributed by atoms with Crippen molar-refractivity contribution < 1.29 is 14.6 Å². The first-order chi connectivity index (χ1) is 7.95. The van der Waals surface area contributed by atoms with Gasteiger partial charge in [0.05, 0.1) is 5.56 Å². The lowest BCUT2D eigenvalue weighted by molar-refractivity contribution is -0.137. The predicted octanol–water partition coefficient (Wildman–Crippen LogP) is 4.80. The second kappa shape index (κ2) is 4.71. The largest absolute Gasteiger partial charge is 1.00 e. The number of benzene rings is 1. The van der Waals surface area contributed by atoms with Crippen LogP contribution in [-0.4, -0.2) is 0 Å². The molecule has 1 aliphatic rings. The van der Waals surface area contributed by atoms with Crippen molar-refractivity contribution in [3.63, 3.8) is 0 Å². The molecule has 0 aliphatic heterocycles. The van der Waals surface area contributed by atoms with Crippen molar-refractivity contribution in [1.29, 1.82) is 0 Å². The second-order valence-corrected chi connectivity index (χ2v) is 5.18. The van der Waals surface area contributed by atoms with Crippen LogP contribution in [0.5, 0.6) is 0 Å². The summed E-state index contributed by atoms with van der Waals surface area (Å²) in [6, 6.07) is 5.61. The van der Waals surface area contributed by atoms with Gasteiger partial charge in [0.2, 0.25) is 0 Å². The van der Waals surface area contributed by atoms with E-state index >= 15 is 0 Å². The van der Waals surface area contributed by atoms with Crippen molar-refractivity contribution in [1.82, 2.24) is 0 Å². The Kier molecular flexibility index (Phi) is 3.45. The second-order valence-electron chi connectivity index (χ2n) is 5.18. The molecule has 17 heavy (non-hydrogen) atoms. The molecule has 3 heteroatoms. The minimum Gasteiger partial charge on any atom is -0.166 e. The van der Waals surface area contributed by atoms with Gasteiger partial charge in [0.1, 0.15) is 0 Å². The van der Waals surface area contributed by atoms with Gasteiger partial charge in [0.25, 0.3) is 0 Å². The van der Waals surface area contributed by atoms with E-state index in [0.717, 1.165) is 17.9 Å². The van der Waals surface area contributed by atoms with Gasteiger partial charge in [-0.2, -0.15) is 13.2 Å². The van der Waals surface area contributed by atoms with Crippen molar-refractivity contribution in [3.8, 4) is 0 Å². The minimum atomic E-state index is -4.22. The van der Waals surface area contributed by atoms with E-state index in [-0.39, 0.29) is 1.43 Å². The molecule has 0 bridgehead atoms. The molecule has 0 radical (unpaired) electrons. The molecule has 0 aromatic heterocycles. The first kappa shape index (κ1) is 12.5. The van der Waals surface area contributed by atoms with Gasteiger partial charge in [-0.05, 0) is 48.8 Å². The standard InChI is InChI=1S/C14H17F3/c1-10-2-3-12(8-10)9-11-4-6-13(7-5-11)14(15,16)17/h4-7,10,12H,2-3,8-9H2,1H3/p+1. The number of hydrogen-bond donors (Lipinski definition) is 0. The highest BCUT2D eigenvalue weighted by molar-refractivity contribution is 5.25. The number of rotatable bonds is 2. The average Bonchev–Trinajstić information content (AvgIpc) is 2.63. The van der Waals surface area contributed by atoms with E-state index in [4.69, 9.17) is 0 Å². The Hall–Kier alpha value is -0.990. The molecule has 94 valence electrons. The summed E-state index contributed by atoms with van der Waals surface area (Å²) in [5.41, 5.74) is 0.470. The lowest BCUT2D eigenvalue weighted by atomic mass is 9.96. The van der Waals surface area contributed by atoms with Crippen molar-refractivity contribution >= 4 is 0 Å². The van der Waals surface area contributed by atoms with Crippen LogP contribution in [0.2, 0.25) is 0 Å². The summed E-state index contributed by atoms with van der Waals surface area (Å²) in [5, 5.41) is 0. The molecular formula is C14H18F3+. The predicted molar refractivity (Wildman–Crippen MR) is 62.8 cm³/mol. The molecule has 0 spiro atoms. The molecule has 0 nitrogen and oxygen atoms in total. The molecular weight excluding hydrogens is 225 g/mol. The lowest BCUT2D eigenvalue weighted by Crippen LogP contribution is -2.05. The molecule has 1 saturated carbocycles. The molecule has 1 aromatic carbocycles. The van der Waals surface area contributed by atoms with E-state index in [1.807, 2.05) is 0 Å². The minimum absolute atomic E-state index is 0. The lowest BCUT2D eigenvalue weighted by Gasteiger charge is -2.11. The van der Waals surface area contributed by atoms with E-state index in [1.54, 1.807) is 12.1 Å². The van der Waals surface area contributed by atoms with E-state index in [1.165, 1.54) is 31.4 Å². The molecule has 1 aliphatic carbocycles. The topological polar surface area (TPSA) is 0 Å². The van der Waals surface area contributed by atoms with Crippen molar-refractivity contribution in [2.75, 3.05) is 0 Å². The normalized spacial score (nSPS) is 25.2. The maximum absolute atomic E-state index is 12.4. The van der Waals surface area contributed by atoms with Crippen LogP contribution in [0.4, 0.5) is 13.2 Å². The van der Waals surface area contributed by atoms with Gasteiger partial charge in [-0.25, -0.2) is 0 Å². The summed E-state index contributed by atoms with van der Waals surface area (Å²) in [6.45, 7) is 2.24. The zero-order valence-corrected chi connectivity index (χ0v) is 9.93. The van der Waals surface area contributed by atoms with E-state index in [9.17, 15) is 13.2 Å². The third-order valence-corrected chi connectivity index (χ3v) is 3.61. The third kappa shape index (κ3) is 3.24. The van der Waals surface area contributed by atoms with Gasteiger partial charge in [0.15, 0.2) is 0 Å². The fraction of sp³-hybridized carbons (Fsp3) is 0.571. The van der Waals surface area contributed by atoms with E-state index < -0.39 is 11.7 Å². The smallest absolute Gasteiger partial charge is 0.166 e. The van der Waals surface area contributed by atoms with Gasteiger partial charge < -0.3 is 0 Å². The molecule has 1 aromatic rings. The zero-order chi connectivity index (χ0) is 12.5. The fourth-order valence-electron chi connectivity index (χ4n) is 2.67. The molecule has 1 fully saturated rings. The van der Waals surface area contributed by atoms with Gasteiger partial charge in [-0.3, -0.25) is 0 Å². The highest BCUT2D eigenvalue weighted by atomic mass is 19.4. The molecule has 0 saturated heterocycles. The maximum Gasteiger partial charge on any atom is 1.00 e. The van der Waals surface area contributed by atoms with Crippen LogP contribution in [-0.2, 0) is 12.6 Å². The average molecular weight is 243 g/mol. The molecule has 2 rings (SSSR count). The summed E-state index contributed by atoms with van der Waals surface area (Å²) in [7, 11) is 0. The summed E-state index contributed by atoms with van der Waals surface area (Å²) in [4.78, 5) is 0. The van der Waals surface area contributed by atoms with Crippen LogP contribution in [0.25, 0.3) is 0 Å². The number of alkyl halides is 3. The maximum atomic E-state index is 12.4. The van der Waals surface area contributed by atoms with Crippen LogP contribution in [0.1, 0.15) is 38.7 Å². The van der Waals surface area contributed by atoms with Crippen LogP contribution in [0.3, 0.4) is 0 Å². The van der Waals surface area contributed by atoms with Crippen molar-refractivity contribution in [2.45, 2.75) is 38.8 Å². The van der Waals surface area contributed by atoms with Gasteiger partial charge >= 0.3 is 7.60 Å². The third-order valence-electron chi connectivity index (χ3n) is 3.61. The van der Waals surface area contributed by atoms with E-state index in [2.05, 4.69) is 6.92 Å². The SMILES string of the molecule is CC1CCC(Cc2ccc(C(F)(F)F)cc2)C1.[H+]. The summed E-state index contributed by atoms with van der Waals surface area (Å²) in [5.74, 6) is 1.43. The Morgan fingerprint density at radius 3 is 2.29 bits per heavy atom. The Bertz CT molecular complexity index is 370. The van der Waals surface area contributed by atoms with E-state index in [0.29, 0.717) is 5.92 Å². The fourth-order valence-corrected chi connectivity index (χ4v) is 2.67. The van der Waals surface area contributed by atoms with Gasteiger partial charge in [0, 0.05) is 0 Å². The Labute approximate surface area is 101 Å². The van der Waals surface area contributed by atoms with Crippen LogP contribution in [0.15, 0.2) is 24.3 Å². The zero-order valence-electron chi connectivity index (χ0n) is 10.9. The summed E-state index contributed by atoms with van der Waals surface area (Å²) >= 11 is 0. The van der Waals surface area contributed by atoms with Gasteiger partial charge in [-0.15, -0.1) is 0 Å². The van der Waals surface area contributed by atoms with Crippen molar-refractivity contribution in [3.05, 3.63) is 35.4 Å². The Morgan fingerprint density at radius 2 is 1.82 bits per heavy atom. The Morgan fingerprint density at radius 1 is 1.18 bits per heavy atom. The molecule has 0 heterocycles. The Balaban J connectivity index is 0.00000162. The monoisotopic (exact) mass is 243 g/mol. The highest BCUT2D eigenvalue weighted by Gasteiger charge is 2.30. The molecule has 2 unspecified atom stereocenters.